The normalized spacial score (nSPS) is 15.6. The summed E-state index contributed by atoms with van der Waals surface area (Å²) >= 11 is 0. The number of hydrogen-bond acceptors (Lipinski definition) is 5. The lowest BCUT2D eigenvalue weighted by Gasteiger charge is -2.24. The Morgan fingerprint density at radius 2 is 1.95 bits per heavy atom. The van der Waals surface area contributed by atoms with Gasteiger partial charge in [-0.15, -0.1) is 0 Å². The average Bonchev–Trinajstić information content (AvgIpc) is 3.02. The minimum Gasteiger partial charge on any atom is -0.345 e. The largest absolute Gasteiger partial charge is 0.345 e. The van der Waals surface area contributed by atoms with Crippen molar-refractivity contribution in [2.75, 3.05) is 13.1 Å². The lowest BCUT2D eigenvalue weighted by molar-refractivity contribution is 0.0949. The lowest BCUT2D eigenvalue weighted by atomic mass is 10.1. The van der Waals surface area contributed by atoms with Gasteiger partial charge < -0.3 is 9.84 Å². The Bertz CT molecular complexity index is 606. The number of nitrogens with one attached hydrogen (secondary N) is 1. The van der Waals surface area contributed by atoms with Gasteiger partial charge in [-0.1, -0.05) is 29.8 Å². The summed E-state index contributed by atoms with van der Waals surface area (Å²) in [5.74, 6) is 0.991. The average molecular weight is 300 g/mol. The van der Waals surface area contributed by atoms with Crippen LogP contribution in [0.5, 0.6) is 0 Å². The van der Waals surface area contributed by atoms with Crippen LogP contribution in [0.4, 0.5) is 0 Å². The highest BCUT2D eigenvalue weighted by molar-refractivity contribution is 5.93. The molecule has 0 aliphatic carbocycles. The van der Waals surface area contributed by atoms with Crippen LogP contribution >= 0.6 is 0 Å². The highest BCUT2D eigenvalue weighted by atomic mass is 16.5. The van der Waals surface area contributed by atoms with Crippen molar-refractivity contribution in [1.29, 1.82) is 0 Å². The Kier molecular flexibility index (Phi) is 4.80. The molecule has 1 amide bonds. The quantitative estimate of drug-likeness (QED) is 0.914. The summed E-state index contributed by atoms with van der Waals surface area (Å²) in [6.07, 6.45) is 3.76. The molecule has 1 aromatic carbocycles. The fraction of sp³-hybridized carbons (Fsp3) is 0.438. The predicted octanol–water partition coefficient (Wildman–Crippen LogP) is 1.99. The van der Waals surface area contributed by atoms with Crippen LogP contribution in [0, 0.1) is 0 Å². The van der Waals surface area contributed by atoms with Crippen LogP contribution in [0.15, 0.2) is 34.9 Å². The summed E-state index contributed by atoms with van der Waals surface area (Å²) in [7, 11) is 0. The highest BCUT2D eigenvalue weighted by Gasteiger charge is 2.15. The summed E-state index contributed by atoms with van der Waals surface area (Å²) < 4.78 is 5.25. The fourth-order valence-corrected chi connectivity index (χ4v) is 2.59. The molecule has 0 bridgehead atoms. The minimum atomic E-state index is -0.136. The van der Waals surface area contributed by atoms with Gasteiger partial charge in [0.1, 0.15) is 0 Å². The fourth-order valence-electron chi connectivity index (χ4n) is 2.59. The second-order valence-corrected chi connectivity index (χ2v) is 5.49. The van der Waals surface area contributed by atoms with Gasteiger partial charge >= 0.3 is 0 Å². The van der Waals surface area contributed by atoms with Crippen molar-refractivity contribution >= 4 is 5.91 Å². The molecule has 1 aliphatic rings. The van der Waals surface area contributed by atoms with E-state index in [1.54, 1.807) is 12.1 Å². The first kappa shape index (κ1) is 14.7. The van der Waals surface area contributed by atoms with Gasteiger partial charge in [0.2, 0.25) is 5.89 Å². The zero-order valence-electron chi connectivity index (χ0n) is 12.5. The van der Waals surface area contributed by atoms with E-state index in [1.807, 2.05) is 18.2 Å². The van der Waals surface area contributed by atoms with E-state index in [9.17, 15) is 4.79 Å². The van der Waals surface area contributed by atoms with Gasteiger partial charge in [-0.2, -0.15) is 4.98 Å². The van der Waals surface area contributed by atoms with Crippen LogP contribution in [-0.2, 0) is 13.1 Å². The maximum Gasteiger partial charge on any atom is 0.251 e. The molecular formula is C16H20N4O2. The SMILES string of the molecule is O=C(NCc1noc(CN2CCCCC2)n1)c1ccccc1. The molecule has 1 saturated heterocycles. The van der Waals surface area contributed by atoms with Crippen LogP contribution in [-0.4, -0.2) is 34.0 Å². The smallest absolute Gasteiger partial charge is 0.251 e. The summed E-state index contributed by atoms with van der Waals surface area (Å²) in [5, 5.41) is 6.71. The second kappa shape index (κ2) is 7.17. The monoisotopic (exact) mass is 300 g/mol. The Morgan fingerprint density at radius 1 is 1.18 bits per heavy atom. The summed E-state index contributed by atoms with van der Waals surface area (Å²) in [5.41, 5.74) is 0.625. The van der Waals surface area contributed by atoms with Crippen molar-refractivity contribution in [3.05, 3.63) is 47.6 Å². The number of carbonyl (C=O) groups is 1. The van der Waals surface area contributed by atoms with Gasteiger partial charge in [-0.25, -0.2) is 0 Å². The van der Waals surface area contributed by atoms with Crippen molar-refractivity contribution in [2.45, 2.75) is 32.4 Å². The van der Waals surface area contributed by atoms with E-state index in [-0.39, 0.29) is 12.5 Å². The molecule has 22 heavy (non-hydrogen) atoms. The molecule has 6 nitrogen and oxygen atoms in total. The van der Waals surface area contributed by atoms with Gasteiger partial charge in [-0.05, 0) is 38.1 Å². The van der Waals surface area contributed by atoms with Crippen LogP contribution in [0.1, 0.15) is 41.3 Å². The summed E-state index contributed by atoms with van der Waals surface area (Å²) in [4.78, 5) is 18.6. The molecule has 6 heteroatoms. The Hall–Kier alpha value is -2.21. The first-order valence-electron chi connectivity index (χ1n) is 7.68. The molecule has 1 fully saturated rings. The van der Waals surface area contributed by atoms with Gasteiger partial charge in [0.15, 0.2) is 5.82 Å². The van der Waals surface area contributed by atoms with E-state index >= 15 is 0 Å². The van der Waals surface area contributed by atoms with Crippen LogP contribution < -0.4 is 5.32 Å². The van der Waals surface area contributed by atoms with E-state index in [0.29, 0.717) is 23.8 Å². The third-order valence-corrected chi connectivity index (χ3v) is 3.76. The Labute approximate surface area is 129 Å². The number of nitrogens with zero attached hydrogens (tertiary/aromatic N) is 3. The molecule has 0 atom stereocenters. The Morgan fingerprint density at radius 3 is 2.73 bits per heavy atom. The zero-order chi connectivity index (χ0) is 15.2. The third kappa shape index (κ3) is 3.92. The van der Waals surface area contributed by atoms with E-state index in [4.69, 9.17) is 4.52 Å². The topological polar surface area (TPSA) is 71.3 Å². The number of amides is 1. The van der Waals surface area contributed by atoms with Gasteiger partial charge in [-0.3, -0.25) is 9.69 Å². The highest BCUT2D eigenvalue weighted by Crippen LogP contribution is 2.11. The zero-order valence-corrected chi connectivity index (χ0v) is 12.5. The molecule has 0 spiro atoms. The standard InChI is InChI=1S/C16H20N4O2/c21-16(13-7-3-1-4-8-13)17-11-14-18-15(22-19-14)12-20-9-5-2-6-10-20/h1,3-4,7-8H,2,5-6,9-12H2,(H,17,21). The molecule has 3 rings (SSSR count). The Balaban J connectivity index is 1.50. The molecule has 1 N–H and O–H groups in total. The number of carbonyl (C=O) groups excluding carboxylic acids is 1. The number of hydrogen-bond donors (Lipinski definition) is 1. The van der Waals surface area contributed by atoms with E-state index in [1.165, 1.54) is 19.3 Å². The van der Waals surface area contributed by atoms with Crippen molar-refractivity contribution in [3.63, 3.8) is 0 Å². The summed E-state index contributed by atoms with van der Waals surface area (Å²) in [6.45, 7) is 3.14. The van der Waals surface area contributed by atoms with Crippen molar-refractivity contribution in [2.24, 2.45) is 0 Å². The molecule has 116 valence electrons. The number of likely N-dealkylation sites (tertiary alicyclic amines) is 1. The van der Waals surface area contributed by atoms with Crippen molar-refractivity contribution in [3.8, 4) is 0 Å². The van der Waals surface area contributed by atoms with Crippen LogP contribution in [0.2, 0.25) is 0 Å². The van der Waals surface area contributed by atoms with E-state index < -0.39 is 0 Å². The molecule has 2 aromatic rings. The summed E-state index contributed by atoms with van der Waals surface area (Å²) in [6, 6.07) is 9.09. The van der Waals surface area contributed by atoms with Crippen LogP contribution in [0.25, 0.3) is 0 Å². The molecule has 2 heterocycles. The second-order valence-electron chi connectivity index (χ2n) is 5.49. The molecular weight excluding hydrogens is 280 g/mol. The van der Waals surface area contributed by atoms with Crippen LogP contribution in [0.3, 0.4) is 0 Å². The first-order valence-corrected chi connectivity index (χ1v) is 7.68. The molecule has 0 saturated carbocycles. The lowest BCUT2D eigenvalue weighted by Crippen LogP contribution is -2.29. The van der Waals surface area contributed by atoms with Gasteiger partial charge in [0.05, 0.1) is 13.1 Å². The number of aromatic nitrogens is 2. The maximum absolute atomic E-state index is 11.9. The number of benzene rings is 1. The molecule has 1 aliphatic heterocycles. The minimum absolute atomic E-state index is 0.136. The number of rotatable bonds is 5. The number of piperidine rings is 1. The van der Waals surface area contributed by atoms with E-state index in [2.05, 4.69) is 20.4 Å². The molecule has 0 unspecified atom stereocenters. The maximum atomic E-state index is 11.9. The third-order valence-electron chi connectivity index (χ3n) is 3.76. The molecule has 1 aromatic heterocycles. The van der Waals surface area contributed by atoms with E-state index in [0.717, 1.165) is 13.1 Å². The van der Waals surface area contributed by atoms with Gasteiger partial charge in [0, 0.05) is 5.56 Å². The van der Waals surface area contributed by atoms with Crippen molar-refractivity contribution in [1.82, 2.24) is 20.4 Å². The predicted molar refractivity (Wildman–Crippen MR) is 81.0 cm³/mol. The van der Waals surface area contributed by atoms with Gasteiger partial charge in [0.25, 0.3) is 5.91 Å². The first-order chi connectivity index (χ1) is 10.8. The molecule has 0 radical (unpaired) electrons. The van der Waals surface area contributed by atoms with Crippen molar-refractivity contribution < 1.29 is 9.32 Å².